The Hall–Kier alpha value is -1.92. The average Bonchev–Trinajstić information content (AvgIpc) is 2.88. The molecular weight excluding hydrogens is 258 g/mol. The molecular formula is C14H17N3O3. The largest absolute Gasteiger partial charge is 0.388 e. The number of likely N-dealkylation sites (tertiary alicyclic amines) is 1. The summed E-state index contributed by atoms with van der Waals surface area (Å²) in [6.07, 6.45) is 4.63. The maximum atomic E-state index is 12.4. The van der Waals surface area contributed by atoms with Crippen molar-refractivity contribution in [2.75, 3.05) is 13.1 Å². The molecule has 1 fully saturated rings. The predicted molar refractivity (Wildman–Crippen MR) is 72.3 cm³/mol. The van der Waals surface area contributed by atoms with Crippen LogP contribution in [-0.2, 0) is 0 Å². The predicted octanol–water partition coefficient (Wildman–Crippen LogP) is 0.292. The van der Waals surface area contributed by atoms with Gasteiger partial charge in [0.15, 0.2) is 0 Å². The highest BCUT2D eigenvalue weighted by Crippen LogP contribution is 2.23. The van der Waals surface area contributed by atoms with Crippen LogP contribution in [0.2, 0.25) is 0 Å². The number of pyridine rings is 1. The fourth-order valence-corrected chi connectivity index (χ4v) is 2.44. The normalized spacial score (nSPS) is 26.9. The van der Waals surface area contributed by atoms with Crippen molar-refractivity contribution in [3.8, 4) is 0 Å². The van der Waals surface area contributed by atoms with Crippen LogP contribution in [0.15, 0.2) is 30.7 Å². The number of hydrogen-bond donors (Lipinski definition) is 2. The highest BCUT2D eigenvalue weighted by molar-refractivity contribution is 5.94. The van der Waals surface area contributed by atoms with Gasteiger partial charge in [0.05, 0.1) is 17.3 Å². The molecule has 2 unspecified atom stereocenters. The topological polar surface area (TPSA) is 78.1 Å². The van der Waals surface area contributed by atoms with E-state index in [4.69, 9.17) is 0 Å². The summed E-state index contributed by atoms with van der Waals surface area (Å²) in [4.78, 5) is 18.1. The van der Waals surface area contributed by atoms with Gasteiger partial charge in [-0.1, -0.05) is 0 Å². The van der Waals surface area contributed by atoms with E-state index in [0.717, 1.165) is 5.65 Å². The number of nitrogens with zero attached hydrogens (tertiary/aromatic N) is 3. The van der Waals surface area contributed by atoms with E-state index >= 15 is 0 Å². The minimum atomic E-state index is -1.12. The molecule has 2 atom stereocenters. The van der Waals surface area contributed by atoms with Gasteiger partial charge in [0.2, 0.25) is 0 Å². The summed E-state index contributed by atoms with van der Waals surface area (Å²) in [6.45, 7) is 2.18. The van der Waals surface area contributed by atoms with Gasteiger partial charge < -0.3 is 19.5 Å². The molecule has 3 heterocycles. The van der Waals surface area contributed by atoms with Gasteiger partial charge in [-0.25, -0.2) is 4.98 Å². The third kappa shape index (κ3) is 2.17. The number of carbonyl (C=O) groups excluding carboxylic acids is 1. The number of hydrogen-bond acceptors (Lipinski definition) is 4. The third-order valence-corrected chi connectivity index (χ3v) is 3.92. The van der Waals surface area contributed by atoms with Crippen molar-refractivity contribution in [2.45, 2.75) is 25.0 Å². The summed E-state index contributed by atoms with van der Waals surface area (Å²) in [5, 5.41) is 19.8. The van der Waals surface area contributed by atoms with Crippen molar-refractivity contribution in [2.24, 2.45) is 0 Å². The fourth-order valence-electron chi connectivity index (χ4n) is 2.44. The molecule has 0 saturated carbocycles. The molecule has 0 spiro atoms. The van der Waals surface area contributed by atoms with Gasteiger partial charge in [0.25, 0.3) is 5.91 Å². The molecule has 6 nitrogen and oxygen atoms in total. The number of aliphatic hydroxyl groups excluding tert-OH is 1. The van der Waals surface area contributed by atoms with Crippen molar-refractivity contribution in [1.82, 2.24) is 14.3 Å². The number of β-amino-alcohol motifs (C(OH)–C–C–N with tert-alkyl or cyclic N) is 1. The van der Waals surface area contributed by atoms with E-state index in [1.807, 2.05) is 0 Å². The number of aliphatic hydroxyl groups is 2. The van der Waals surface area contributed by atoms with Crippen molar-refractivity contribution in [3.63, 3.8) is 0 Å². The number of imidazole rings is 1. The Morgan fingerprint density at radius 1 is 1.50 bits per heavy atom. The SMILES string of the molecule is CC1(O)CCN(C(=O)c2ccc3nccn3c2)CC1O. The Morgan fingerprint density at radius 2 is 2.30 bits per heavy atom. The number of amides is 1. The quantitative estimate of drug-likeness (QED) is 0.784. The molecule has 1 aliphatic rings. The minimum Gasteiger partial charge on any atom is -0.388 e. The number of piperidine rings is 1. The Morgan fingerprint density at radius 3 is 3.05 bits per heavy atom. The van der Waals surface area contributed by atoms with Gasteiger partial charge in [0, 0.05) is 31.7 Å². The van der Waals surface area contributed by atoms with Crippen LogP contribution in [0.4, 0.5) is 0 Å². The second-order valence-electron chi connectivity index (χ2n) is 5.48. The van der Waals surface area contributed by atoms with Gasteiger partial charge >= 0.3 is 0 Å². The third-order valence-electron chi connectivity index (χ3n) is 3.92. The minimum absolute atomic E-state index is 0.143. The standard InChI is InChI=1S/C14H17N3O3/c1-14(20)4-6-17(9-11(14)18)13(19)10-2-3-12-15-5-7-16(12)8-10/h2-3,5,7-8,11,18,20H,4,6,9H2,1H3. The average molecular weight is 275 g/mol. The Balaban J connectivity index is 1.82. The number of fused-ring (bicyclic) bond motifs is 1. The zero-order valence-corrected chi connectivity index (χ0v) is 11.2. The summed E-state index contributed by atoms with van der Waals surface area (Å²) in [5.41, 5.74) is 0.206. The van der Waals surface area contributed by atoms with Crippen LogP contribution in [0, 0.1) is 0 Å². The van der Waals surface area contributed by atoms with E-state index in [0.29, 0.717) is 18.5 Å². The van der Waals surface area contributed by atoms with Gasteiger partial charge in [-0.2, -0.15) is 0 Å². The molecule has 1 saturated heterocycles. The van der Waals surface area contributed by atoms with Crippen LogP contribution in [0.1, 0.15) is 23.7 Å². The van der Waals surface area contributed by atoms with E-state index in [1.54, 1.807) is 46.9 Å². The van der Waals surface area contributed by atoms with Crippen LogP contribution in [0.25, 0.3) is 5.65 Å². The molecule has 2 N–H and O–H groups in total. The fraction of sp³-hybridized carbons (Fsp3) is 0.429. The first-order valence-corrected chi connectivity index (χ1v) is 6.60. The lowest BCUT2D eigenvalue weighted by molar-refractivity contribution is -0.0999. The first-order chi connectivity index (χ1) is 9.47. The monoisotopic (exact) mass is 275 g/mol. The molecule has 0 aromatic carbocycles. The number of rotatable bonds is 1. The molecule has 0 aliphatic carbocycles. The first-order valence-electron chi connectivity index (χ1n) is 6.60. The second-order valence-corrected chi connectivity index (χ2v) is 5.48. The smallest absolute Gasteiger partial charge is 0.255 e. The van der Waals surface area contributed by atoms with Gasteiger partial charge in [-0.15, -0.1) is 0 Å². The molecule has 20 heavy (non-hydrogen) atoms. The molecule has 0 bridgehead atoms. The molecule has 3 rings (SSSR count). The maximum Gasteiger partial charge on any atom is 0.255 e. The van der Waals surface area contributed by atoms with Crippen molar-refractivity contribution < 1.29 is 15.0 Å². The van der Waals surface area contributed by atoms with Crippen LogP contribution in [0.5, 0.6) is 0 Å². The molecule has 6 heteroatoms. The Kier molecular flexibility index (Phi) is 2.99. The molecule has 2 aromatic rings. The Labute approximate surface area is 116 Å². The first kappa shape index (κ1) is 13.1. The van der Waals surface area contributed by atoms with E-state index in [-0.39, 0.29) is 12.5 Å². The van der Waals surface area contributed by atoms with Crippen molar-refractivity contribution in [3.05, 3.63) is 36.3 Å². The number of aromatic nitrogens is 2. The van der Waals surface area contributed by atoms with Gasteiger partial charge in [0.1, 0.15) is 5.65 Å². The Bertz CT molecular complexity index is 650. The molecule has 106 valence electrons. The van der Waals surface area contributed by atoms with Crippen LogP contribution < -0.4 is 0 Å². The summed E-state index contributed by atoms with van der Waals surface area (Å²) >= 11 is 0. The lowest BCUT2D eigenvalue weighted by Crippen LogP contribution is -2.55. The maximum absolute atomic E-state index is 12.4. The van der Waals surface area contributed by atoms with Crippen molar-refractivity contribution >= 4 is 11.6 Å². The molecule has 1 aliphatic heterocycles. The van der Waals surface area contributed by atoms with Crippen LogP contribution >= 0.6 is 0 Å². The van der Waals surface area contributed by atoms with E-state index in [1.165, 1.54) is 0 Å². The zero-order chi connectivity index (χ0) is 14.3. The lowest BCUT2D eigenvalue weighted by Gasteiger charge is -2.39. The van der Waals surface area contributed by atoms with E-state index in [2.05, 4.69) is 4.98 Å². The summed E-state index contributed by atoms with van der Waals surface area (Å²) < 4.78 is 1.78. The molecule has 0 radical (unpaired) electrons. The highest BCUT2D eigenvalue weighted by Gasteiger charge is 2.38. The van der Waals surface area contributed by atoms with Gasteiger partial charge in [-0.05, 0) is 25.5 Å². The summed E-state index contributed by atoms with van der Waals surface area (Å²) in [7, 11) is 0. The molecule has 1 amide bonds. The number of carbonyl (C=O) groups is 1. The summed E-state index contributed by atoms with van der Waals surface area (Å²) in [5.74, 6) is -0.143. The van der Waals surface area contributed by atoms with E-state index < -0.39 is 11.7 Å². The summed E-state index contributed by atoms with van der Waals surface area (Å²) in [6, 6.07) is 3.51. The van der Waals surface area contributed by atoms with Crippen LogP contribution in [-0.4, -0.2) is 55.2 Å². The second kappa shape index (κ2) is 4.57. The lowest BCUT2D eigenvalue weighted by atomic mass is 9.90. The zero-order valence-electron chi connectivity index (χ0n) is 11.2. The van der Waals surface area contributed by atoms with Crippen molar-refractivity contribution in [1.29, 1.82) is 0 Å². The van der Waals surface area contributed by atoms with Gasteiger partial charge in [-0.3, -0.25) is 4.79 Å². The van der Waals surface area contributed by atoms with E-state index in [9.17, 15) is 15.0 Å². The van der Waals surface area contributed by atoms with Crippen LogP contribution in [0.3, 0.4) is 0 Å². The molecule has 2 aromatic heterocycles. The highest BCUT2D eigenvalue weighted by atomic mass is 16.3.